The number of thioether (sulfide) groups is 1. The molecule has 58 valence electrons. The molecule has 0 bridgehead atoms. The van der Waals surface area contributed by atoms with Gasteiger partial charge in [-0.05, 0) is 6.92 Å². The van der Waals surface area contributed by atoms with Crippen LogP contribution in [0.4, 0.5) is 4.79 Å². The maximum atomic E-state index is 10.9. The first-order valence-electron chi connectivity index (χ1n) is 3.13. The van der Waals surface area contributed by atoms with Crippen LogP contribution in [0.25, 0.3) is 0 Å². The molecule has 0 aromatic carbocycles. The fourth-order valence-corrected chi connectivity index (χ4v) is 1.03. The maximum Gasteiger partial charge on any atom is 0.281 e. The Labute approximate surface area is 66.3 Å². The van der Waals surface area contributed by atoms with Crippen molar-refractivity contribution >= 4 is 17.0 Å². The molecule has 0 fully saturated rings. The first-order chi connectivity index (χ1) is 4.68. The van der Waals surface area contributed by atoms with Crippen molar-refractivity contribution in [3.05, 3.63) is 12.2 Å². The van der Waals surface area contributed by atoms with Gasteiger partial charge in [0.05, 0.1) is 0 Å². The molecular formula is C7H13NOS. The third-order valence-electron chi connectivity index (χ3n) is 0.904. The second kappa shape index (κ2) is 5.35. The predicted octanol–water partition coefficient (Wildman–Crippen LogP) is 1.98. The Morgan fingerprint density at radius 2 is 2.20 bits per heavy atom. The summed E-state index contributed by atoms with van der Waals surface area (Å²) in [5.74, 6) is 0.771. The minimum Gasteiger partial charge on any atom is -0.340 e. The molecule has 0 aromatic rings. The van der Waals surface area contributed by atoms with E-state index in [0.717, 1.165) is 5.75 Å². The van der Waals surface area contributed by atoms with Crippen molar-refractivity contribution in [3.8, 4) is 0 Å². The molecular weight excluding hydrogens is 146 g/mol. The fraction of sp³-hybridized carbons (Fsp3) is 0.571. The first kappa shape index (κ1) is 9.56. The second-order valence-electron chi connectivity index (χ2n) is 2.04. The van der Waals surface area contributed by atoms with E-state index in [0.29, 0.717) is 0 Å². The molecule has 0 saturated heterocycles. The van der Waals surface area contributed by atoms with Gasteiger partial charge >= 0.3 is 0 Å². The number of hydrogen-bond donors (Lipinski definition) is 0. The molecule has 0 N–H and O–H groups in total. The van der Waals surface area contributed by atoms with Crippen LogP contribution in [0, 0.1) is 0 Å². The molecule has 0 aliphatic rings. The van der Waals surface area contributed by atoms with Gasteiger partial charge in [-0.2, -0.15) is 0 Å². The van der Waals surface area contributed by atoms with Crippen LogP contribution in [0.3, 0.4) is 0 Å². The summed E-state index contributed by atoms with van der Waals surface area (Å²) < 4.78 is 0. The molecule has 0 aliphatic carbocycles. The molecule has 0 rings (SSSR count). The van der Waals surface area contributed by atoms with Crippen LogP contribution in [-0.4, -0.2) is 30.0 Å². The summed E-state index contributed by atoms with van der Waals surface area (Å²) in [7, 11) is 3.51. The number of hydrogen-bond acceptors (Lipinski definition) is 2. The molecule has 0 saturated carbocycles. The van der Waals surface area contributed by atoms with Gasteiger partial charge in [0.25, 0.3) is 5.24 Å². The quantitative estimate of drug-likeness (QED) is 0.574. The van der Waals surface area contributed by atoms with E-state index >= 15 is 0 Å². The topological polar surface area (TPSA) is 20.3 Å². The van der Waals surface area contributed by atoms with Crippen LogP contribution in [0.1, 0.15) is 6.92 Å². The third kappa shape index (κ3) is 4.44. The zero-order valence-corrected chi connectivity index (χ0v) is 7.44. The van der Waals surface area contributed by atoms with E-state index in [1.165, 1.54) is 11.8 Å². The Kier molecular flexibility index (Phi) is 5.12. The average Bonchev–Trinajstić information content (AvgIpc) is 1.88. The van der Waals surface area contributed by atoms with E-state index in [1.54, 1.807) is 19.0 Å². The Balaban J connectivity index is 3.40. The maximum absolute atomic E-state index is 10.9. The van der Waals surface area contributed by atoms with Gasteiger partial charge in [0.1, 0.15) is 0 Å². The number of carbonyl (C=O) groups excluding carboxylic acids is 1. The highest BCUT2D eigenvalue weighted by atomic mass is 32.2. The molecule has 1 amide bonds. The van der Waals surface area contributed by atoms with Gasteiger partial charge in [0.2, 0.25) is 0 Å². The highest BCUT2D eigenvalue weighted by molar-refractivity contribution is 8.13. The third-order valence-corrected chi connectivity index (χ3v) is 1.88. The molecule has 0 atom stereocenters. The highest BCUT2D eigenvalue weighted by Gasteiger charge is 2.00. The number of nitrogens with zero attached hydrogens (tertiary/aromatic N) is 1. The standard InChI is InChI=1S/C7H13NOS/c1-4-5-6-10-7(9)8(2)3/h4-5H,6H2,1-3H3/b5-4+. The van der Waals surface area contributed by atoms with Crippen molar-refractivity contribution in [3.63, 3.8) is 0 Å². The molecule has 0 spiro atoms. The lowest BCUT2D eigenvalue weighted by Crippen LogP contribution is -2.16. The molecule has 0 radical (unpaired) electrons. The summed E-state index contributed by atoms with van der Waals surface area (Å²) in [5, 5.41) is 0.109. The molecule has 10 heavy (non-hydrogen) atoms. The monoisotopic (exact) mass is 159 g/mol. The van der Waals surface area contributed by atoms with Gasteiger partial charge in [0, 0.05) is 19.8 Å². The summed E-state index contributed by atoms with van der Waals surface area (Å²) in [4.78, 5) is 12.5. The lowest BCUT2D eigenvalue weighted by atomic mass is 10.6. The lowest BCUT2D eigenvalue weighted by molar-refractivity contribution is 0.241. The molecule has 0 aliphatic heterocycles. The van der Waals surface area contributed by atoms with Gasteiger partial charge in [-0.15, -0.1) is 0 Å². The van der Waals surface area contributed by atoms with Crippen molar-refractivity contribution in [2.75, 3.05) is 19.8 Å². The van der Waals surface area contributed by atoms with Gasteiger partial charge in [0.15, 0.2) is 0 Å². The van der Waals surface area contributed by atoms with E-state index in [-0.39, 0.29) is 5.24 Å². The van der Waals surface area contributed by atoms with Gasteiger partial charge in [-0.25, -0.2) is 0 Å². The number of rotatable bonds is 2. The van der Waals surface area contributed by atoms with Crippen LogP contribution in [0.15, 0.2) is 12.2 Å². The Hall–Kier alpha value is -0.440. The van der Waals surface area contributed by atoms with E-state index in [9.17, 15) is 4.79 Å². The number of allylic oxidation sites excluding steroid dienone is 1. The van der Waals surface area contributed by atoms with Crippen molar-refractivity contribution in [1.82, 2.24) is 4.90 Å². The zero-order valence-electron chi connectivity index (χ0n) is 6.63. The first-order valence-corrected chi connectivity index (χ1v) is 4.12. The summed E-state index contributed by atoms with van der Waals surface area (Å²) in [6, 6.07) is 0. The van der Waals surface area contributed by atoms with E-state index < -0.39 is 0 Å². The van der Waals surface area contributed by atoms with Crippen molar-refractivity contribution in [2.45, 2.75) is 6.92 Å². The molecule has 0 unspecified atom stereocenters. The van der Waals surface area contributed by atoms with Crippen LogP contribution in [0.5, 0.6) is 0 Å². The SMILES string of the molecule is C/C=C/CSC(=O)N(C)C. The smallest absolute Gasteiger partial charge is 0.281 e. The summed E-state index contributed by atoms with van der Waals surface area (Å²) in [6.45, 7) is 1.95. The van der Waals surface area contributed by atoms with Gasteiger partial charge in [-0.3, -0.25) is 4.79 Å². The van der Waals surface area contributed by atoms with E-state index in [1.807, 2.05) is 19.1 Å². The fourth-order valence-electron chi connectivity index (χ4n) is 0.345. The van der Waals surface area contributed by atoms with Crippen LogP contribution >= 0.6 is 11.8 Å². The predicted molar refractivity (Wildman–Crippen MR) is 46.4 cm³/mol. The number of amides is 1. The average molecular weight is 159 g/mol. The van der Waals surface area contributed by atoms with E-state index in [2.05, 4.69) is 0 Å². The molecule has 0 heterocycles. The minimum absolute atomic E-state index is 0.109. The second-order valence-corrected chi connectivity index (χ2v) is 3.01. The van der Waals surface area contributed by atoms with Crippen molar-refractivity contribution in [2.24, 2.45) is 0 Å². The Bertz CT molecular complexity index is 132. The zero-order chi connectivity index (χ0) is 7.98. The van der Waals surface area contributed by atoms with Gasteiger partial charge < -0.3 is 4.90 Å². The van der Waals surface area contributed by atoms with Crippen molar-refractivity contribution in [1.29, 1.82) is 0 Å². The molecule has 2 nitrogen and oxygen atoms in total. The van der Waals surface area contributed by atoms with Crippen LogP contribution < -0.4 is 0 Å². The van der Waals surface area contributed by atoms with Crippen LogP contribution in [0.2, 0.25) is 0 Å². The Morgan fingerprint density at radius 1 is 1.60 bits per heavy atom. The summed E-state index contributed by atoms with van der Waals surface area (Å²) in [6.07, 6.45) is 3.90. The summed E-state index contributed by atoms with van der Waals surface area (Å²) >= 11 is 1.31. The number of carbonyl (C=O) groups is 1. The molecule has 3 heteroatoms. The normalized spacial score (nSPS) is 10.3. The summed E-state index contributed by atoms with van der Waals surface area (Å²) in [5.41, 5.74) is 0. The largest absolute Gasteiger partial charge is 0.340 e. The lowest BCUT2D eigenvalue weighted by Gasteiger charge is -2.06. The molecule has 0 aromatic heterocycles. The van der Waals surface area contributed by atoms with Crippen LogP contribution in [-0.2, 0) is 0 Å². The van der Waals surface area contributed by atoms with Gasteiger partial charge in [-0.1, -0.05) is 23.9 Å². The van der Waals surface area contributed by atoms with E-state index in [4.69, 9.17) is 0 Å². The van der Waals surface area contributed by atoms with Crippen molar-refractivity contribution < 1.29 is 4.79 Å². The Morgan fingerprint density at radius 3 is 2.60 bits per heavy atom. The highest BCUT2D eigenvalue weighted by Crippen LogP contribution is 2.04. The minimum atomic E-state index is 0.109.